The first-order chi connectivity index (χ1) is 7.45. The lowest BCUT2D eigenvalue weighted by atomic mass is 9.90. The maximum atomic E-state index is 13.0. The van der Waals surface area contributed by atoms with E-state index in [9.17, 15) is 14.6 Å². The number of benzene rings is 1. The summed E-state index contributed by atoms with van der Waals surface area (Å²) < 4.78 is 13.0. The average molecular weight is 224 g/mol. The highest BCUT2D eigenvalue weighted by Crippen LogP contribution is 2.26. The Hall–Kier alpha value is -1.19. The molecule has 3 heteroatoms. The second kappa shape index (κ2) is 5.23. The molecule has 0 bridgehead atoms. The second-order valence-electron chi connectivity index (χ2n) is 4.08. The largest absolute Gasteiger partial charge is 0.389 e. The highest BCUT2D eigenvalue weighted by atomic mass is 19.1. The number of halogens is 1. The van der Waals surface area contributed by atoms with Crippen molar-refractivity contribution in [1.29, 1.82) is 0 Å². The number of aliphatic hydroxyl groups excluding tert-OH is 1. The highest BCUT2D eigenvalue weighted by molar-refractivity contribution is 5.23. The molecule has 0 heterocycles. The summed E-state index contributed by atoms with van der Waals surface area (Å²) in [4.78, 5) is 0. The Morgan fingerprint density at radius 2 is 2.19 bits per heavy atom. The molecule has 1 rings (SSSR count). The Bertz CT molecular complexity index is 372. The number of hydrogen-bond donors (Lipinski definition) is 2. The Kier molecular flexibility index (Phi) is 4.21. The van der Waals surface area contributed by atoms with E-state index in [1.54, 1.807) is 38.1 Å². The average Bonchev–Trinajstić information content (AvgIpc) is 2.17. The van der Waals surface area contributed by atoms with Gasteiger partial charge in [-0.2, -0.15) is 0 Å². The van der Waals surface area contributed by atoms with Crippen LogP contribution in [0.3, 0.4) is 0 Å². The van der Waals surface area contributed by atoms with Crippen LogP contribution >= 0.6 is 0 Å². The lowest BCUT2D eigenvalue weighted by Gasteiger charge is -2.25. The minimum Gasteiger partial charge on any atom is -0.389 e. The molecule has 16 heavy (non-hydrogen) atoms. The van der Waals surface area contributed by atoms with Crippen molar-refractivity contribution in [2.24, 2.45) is 0 Å². The molecule has 0 amide bonds. The molecule has 0 aliphatic carbocycles. The summed E-state index contributed by atoms with van der Waals surface area (Å²) in [6.07, 6.45) is 2.71. The fraction of sp³-hybridized carbons (Fsp3) is 0.385. The minimum absolute atomic E-state index is 0.140. The summed E-state index contributed by atoms with van der Waals surface area (Å²) in [7, 11) is 0. The zero-order chi connectivity index (χ0) is 12.2. The Labute approximate surface area is 95.1 Å². The van der Waals surface area contributed by atoms with E-state index in [1.807, 2.05) is 0 Å². The molecule has 0 saturated heterocycles. The van der Waals surface area contributed by atoms with Gasteiger partial charge in [0, 0.05) is 6.42 Å². The van der Waals surface area contributed by atoms with Gasteiger partial charge < -0.3 is 10.2 Å². The molecule has 1 aromatic carbocycles. The predicted octanol–water partition coefficient (Wildman–Crippen LogP) is 2.36. The molecule has 2 nitrogen and oxygen atoms in total. The van der Waals surface area contributed by atoms with Gasteiger partial charge in [0.1, 0.15) is 5.82 Å². The second-order valence-corrected chi connectivity index (χ2v) is 4.08. The van der Waals surface area contributed by atoms with Gasteiger partial charge in [-0.1, -0.05) is 24.3 Å². The summed E-state index contributed by atoms with van der Waals surface area (Å²) in [5, 5.41) is 19.7. The minimum atomic E-state index is -1.24. The summed E-state index contributed by atoms with van der Waals surface area (Å²) in [5.41, 5.74) is -0.767. The smallest absolute Gasteiger partial charge is 0.123 e. The van der Waals surface area contributed by atoms with Crippen LogP contribution in [0, 0.1) is 5.82 Å². The van der Waals surface area contributed by atoms with Crippen molar-refractivity contribution in [2.75, 3.05) is 0 Å². The highest BCUT2D eigenvalue weighted by Gasteiger charge is 2.25. The monoisotopic (exact) mass is 224 g/mol. The van der Waals surface area contributed by atoms with Gasteiger partial charge in [0.15, 0.2) is 0 Å². The van der Waals surface area contributed by atoms with Crippen molar-refractivity contribution in [2.45, 2.75) is 32.0 Å². The fourth-order valence-electron chi connectivity index (χ4n) is 1.64. The van der Waals surface area contributed by atoms with Crippen molar-refractivity contribution < 1.29 is 14.6 Å². The molecule has 0 fully saturated rings. The molecule has 1 aromatic rings. The molecule has 88 valence electrons. The molecular formula is C13H17FO2. The van der Waals surface area contributed by atoms with Crippen molar-refractivity contribution in [3.8, 4) is 0 Å². The third-order valence-electron chi connectivity index (χ3n) is 2.47. The Morgan fingerprint density at radius 1 is 1.50 bits per heavy atom. The summed E-state index contributed by atoms with van der Waals surface area (Å²) in [5.74, 6) is -0.390. The van der Waals surface area contributed by atoms with Crippen molar-refractivity contribution in [3.63, 3.8) is 0 Å². The van der Waals surface area contributed by atoms with Gasteiger partial charge in [0.05, 0.1) is 11.7 Å². The van der Waals surface area contributed by atoms with Crippen LogP contribution in [0.15, 0.2) is 36.4 Å². The van der Waals surface area contributed by atoms with Gasteiger partial charge in [-0.3, -0.25) is 0 Å². The van der Waals surface area contributed by atoms with E-state index in [0.717, 1.165) is 0 Å². The van der Waals surface area contributed by atoms with Crippen LogP contribution in [0.5, 0.6) is 0 Å². The third-order valence-corrected chi connectivity index (χ3v) is 2.47. The van der Waals surface area contributed by atoms with Gasteiger partial charge in [-0.25, -0.2) is 4.39 Å². The molecule has 0 aromatic heterocycles. The van der Waals surface area contributed by atoms with E-state index in [4.69, 9.17) is 0 Å². The van der Waals surface area contributed by atoms with Crippen LogP contribution < -0.4 is 0 Å². The normalized spacial score (nSPS) is 17.3. The molecule has 2 atom stereocenters. The van der Waals surface area contributed by atoms with E-state index in [0.29, 0.717) is 5.56 Å². The van der Waals surface area contributed by atoms with E-state index in [-0.39, 0.29) is 6.42 Å². The van der Waals surface area contributed by atoms with Crippen LogP contribution in [-0.4, -0.2) is 16.3 Å². The van der Waals surface area contributed by atoms with Crippen LogP contribution in [0.2, 0.25) is 0 Å². The Balaban J connectivity index is 2.84. The van der Waals surface area contributed by atoms with Crippen LogP contribution in [-0.2, 0) is 5.60 Å². The summed E-state index contributed by atoms with van der Waals surface area (Å²) in [6, 6.07) is 5.79. The Morgan fingerprint density at radius 3 is 2.75 bits per heavy atom. The van der Waals surface area contributed by atoms with E-state index < -0.39 is 17.5 Å². The van der Waals surface area contributed by atoms with E-state index in [2.05, 4.69) is 0 Å². The molecule has 0 aliphatic heterocycles. The number of aliphatic hydroxyl groups is 2. The van der Waals surface area contributed by atoms with E-state index >= 15 is 0 Å². The van der Waals surface area contributed by atoms with Crippen LogP contribution in [0.4, 0.5) is 4.39 Å². The van der Waals surface area contributed by atoms with Crippen molar-refractivity contribution in [3.05, 3.63) is 47.8 Å². The van der Waals surface area contributed by atoms with Crippen molar-refractivity contribution in [1.82, 2.24) is 0 Å². The number of rotatable bonds is 4. The number of hydrogen-bond acceptors (Lipinski definition) is 2. The lowest BCUT2D eigenvalue weighted by molar-refractivity contribution is 0.0128. The molecule has 0 radical (unpaired) electrons. The van der Waals surface area contributed by atoms with Gasteiger partial charge in [0.2, 0.25) is 0 Å². The van der Waals surface area contributed by atoms with E-state index in [1.165, 1.54) is 12.1 Å². The number of allylic oxidation sites excluding steroid dienone is 1. The van der Waals surface area contributed by atoms with Gasteiger partial charge >= 0.3 is 0 Å². The third kappa shape index (κ3) is 3.43. The van der Waals surface area contributed by atoms with Gasteiger partial charge in [0.25, 0.3) is 0 Å². The molecule has 0 unspecified atom stereocenters. The first kappa shape index (κ1) is 12.9. The molecule has 0 saturated carbocycles. The molecular weight excluding hydrogens is 207 g/mol. The maximum absolute atomic E-state index is 13.0. The SMILES string of the molecule is C/C=C/[C@H](O)C[C@](C)(O)c1cccc(F)c1. The summed E-state index contributed by atoms with van der Waals surface area (Å²) in [6.45, 7) is 3.36. The zero-order valence-electron chi connectivity index (χ0n) is 9.52. The molecule has 0 aliphatic rings. The first-order valence-electron chi connectivity index (χ1n) is 5.25. The predicted molar refractivity (Wildman–Crippen MR) is 61.4 cm³/mol. The molecule has 0 spiro atoms. The summed E-state index contributed by atoms with van der Waals surface area (Å²) >= 11 is 0. The van der Waals surface area contributed by atoms with Crippen molar-refractivity contribution >= 4 is 0 Å². The topological polar surface area (TPSA) is 40.5 Å². The molecule has 2 N–H and O–H groups in total. The zero-order valence-corrected chi connectivity index (χ0v) is 9.52. The quantitative estimate of drug-likeness (QED) is 0.771. The van der Waals surface area contributed by atoms with Crippen LogP contribution in [0.1, 0.15) is 25.8 Å². The van der Waals surface area contributed by atoms with Gasteiger partial charge in [-0.05, 0) is 31.5 Å². The standard InChI is InChI=1S/C13H17FO2/c1-3-5-12(15)9-13(2,16)10-6-4-7-11(14)8-10/h3-8,12,15-16H,9H2,1-2H3/b5-3+/t12-,13-/m0/s1. The first-order valence-corrected chi connectivity index (χ1v) is 5.25. The maximum Gasteiger partial charge on any atom is 0.123 e. The van der Waals surface area contributed by atoms with Crippen LogP contribution in [0.25, 0.3) is 0 Å². The fourth-order valence-corrected chi connectivity index (χ4v) is 1.64. The van der Waals surface area contributed by atoms with Gasteiger partial charge in [-0.15, -0.1) is 0 Å². The lowest BCUT2D eigenvalue weighted by Crippen LogP contribution is -2.26.